The first kappa shape index (κ1) is 20.0. The van der Waals surface area contributed by atoms with Crippen LogP contribution < -0.4 is 15.4 Å². The van der Waals surface area contributed by atoms with E-state index in [2.05, 4.69) is 26.6 Å². The second-order valence-electron chi connectivity index (χ2n) is 6.33. The zero-order valence-corrected chi connectivity index (χ0v) is 17.2. The van der Waals surface area contributed by atoms with E-state index in [1.54, 1.807) is 19.1 Å². The third kappa shape index (κ3) is 5.08. The Labute approximate surface area is 162 Å². The minimum absolute atomic E-state index is 0.158. The summed E-state index contributed by atoms with van der Waals surface area (Å²) in [5.41, 5.74) is 4.11. The predicted octanol–water partition coefficient (Wildman–Crippen LogP) is 4.74. The van der Waals surface area contributed by atoms with Crippen molar-refractivity contribution in [3.8, 4) is 5.75 Å². The highest BCUT2D eigenvalue weighted by Gasteiger charge is 2.18. The van der Waals surface area contributed by atoms with Crippen LogP contribution in [0, 0.1) is 20.8 Å². The van der Waals surface area contributed by atoms with Crippen LogP contribution in [-0.2, 0) is 9.59 Å². The largest absolute Gasteiger partial charge is 0.480 e. The van der Waals surface area contributed by atoms with E-state index in [0.717, 1.165) is 21.2 Å². The summed E-state index contributed by atoms with van der Waals surface area (Å²) >= 11 is 3.45. The Morgan fingerprint density at radius 2 is 1.62 bits per heavy atom. The Bertz CT molecular complexity index is 826. The summed E-state index contributed by atoms with van der Waals surface area (Å²) in [5.74, 6) is 0.289. The van der Waals surface area contributed by atoms with Crippen LogP contribution in [0.5, 0.6) is 5.75 Å². The summed E-state index contributed by atoms with van der Waals surface area (Å²) < 4.78 is 6.85. The number of anilines is 2. The van der Waals surface area contributed by atoms with Crippen molar-refractivity contribution in [2.45, 2.75) is 40.7 Å². The molecule has 0 aromatic heterocycles. The molecule has 0 saturated carbocycles. The van der Waals surface area contributed by atoms with Gasteiger partial charge in [-0.25, -0.2) is 0 Å². The Balaban J connectivity index is 2.11. The van der Waals surface area contributed by atoms with E-state index in [-0.39, 0.29) is 11.8 Å². The fraction of sp³-hybridized carbons (Fsp3) is 0.300. The Hall–Kier alpha value is -2.34. The first-order chi connectivity index (χ1) is 12.2. The number of aryl methyl sites for hydroxylation is 3. The minimum Gasteiger partial charge on any atom is -0.480 e. The van der Waals surface area contributed by atoms with Gasteiger partial charge in [-0.1, -0.05) is 22.0 Å². The molecule has 2 aromatic carbocycles. The molecule has 1 atom stereocenters. The summed E-state index contributed by atoms with van der Waals surface area (Å²) in [6, 6.07) is 9.27. The molecule has 0 spiro atoms. The first-order valence-corrected chi connectivity index (χ1v) is 9.09. The third-order valence-corrected chi connectivity index (χ3v) is 4.36. The lowest BCUT2D eigenvalue weighted by Crippen LogP contribution is -2.30. The van der Waals surface area contributed by atoms with Gasteiger partial charge in [0.1, 0.15) is 5.75 Å². The van der Waals surface area contributed by atoms with Crippen LogP contribution in [-0.4, -0.2) is 17.9 Å². The van der Waals surface area contributed by atoms with Crippen LogP contribution in [0.15, 0.2) is 34.8 Å². The van der Waals surface area contributed by atoms with Crippen LogP contribution in [0.25, 0.3) is 0 Å². The number of hydrogen-bond donors (Lipinski definition) is 2. The molecule has 0 radical (unpaired) electrons. The number of halogens is 1. The molecule has 0 aliphatic rings. The Morgan fingerprint density at radius 3 is 2.19 bits per heavy atom. The van der Waals surface area contributed by atoms with Crippen molar-refractivity contribution >= 4 is 39.1 Å². The van der Waals surface area contributed by atoms with Crippen LogP contribution in [0.4, 0.5) is 11.4 Å². The van der Waals surface area contributed by atoms with Crippen LogP contribution >= 0.6 is 15.9 Å². The van der Waals surface area contributed by atoms with E-state index in [0.29, 0.717) is 17.1 Å². The number of amides is 2. The van der Waals surface area contributed by atoms with Crippen molar-refractivity contribution in [1.82, 2.24) is 0 Å². The lowest BCUT2D eigenvalue weighted by Gasteiger charge is -2.19. The molecular weight excluding hydrogens is 396 g/mol. The van der Waals surface area contributed by atoms with Crippen LogP contribution in [0.3, 0.4) is 0 Å². The van der Waals surface area contributed by atoms with Gasteiger partial charge in [0.25, 0.3) is 5.91 Å². The number of ether oxygens (including phenoxy) is 1. The zero-order chi connectivity index (χ0) is 19.4. The molecule has 138 valence electrons. The molecule has 26 heavy (non-hydrogen) atoms. The molecule has 2 rings (SSSR count). The van der Waals surface area contributed by atoms with E-state index in [1.165, 1.54) is 6.92 Å². The van der Waals surface area contributed by atoms with Gasteiger partial charge in [-0.05, 0) is 68.7 Å². The van der Waals surface area contributed by atoms with Gasteiger partial charge in [-0.3, -0.25) is 9.59 Å². The maximum Gasteiger partial charge on any atom is 0.265 e. The Morgan fingerprint density at radius 1 is 1.00 bits per heavy atom. The molecule has 2 aromatic rings. The molecule has 1 unspecified atom stereocenters. The van der Waals surface area contributed by atoms with E-state index in [4.69, 9.17) is 4.74 Å². The normalized spacial score (nSPS) is 11.6. The number of carbonyl (C=O) groups excluding carboxylic acids is 2. The Kier molecular flexibility index (Phi) is 6.42. The first-order valence-electron chi connectivity index (χ1n) is 8.30. The van der Waals surface area contributed by atoms with Gasteiger partial charge in [0.05, 0.1) is 0 Å². The molecule has 0 heterocycles. The van der Waals surface area contributed by atoms with Crippen molar-refractivity contribution < 1.29 is 14.3 Å². The number of nitrogens with one attached hydrogen (secondary N) is 2. The second-order valence-corrected chi connectivity index (χ2v) is 7.24. The molecule has 0 bridgehead atoms. The van der Waals surface area contributed by atoms with E-state index in [9.17, 15) is 9.59 Å². The predicted molar refractivity (Wildman–Crippen MR) is 108 cm³/mol. The lowest BCUT2D eigenvalue weighted by molar-refractivity contribution is -0.122. The van der Waals surface area contributed by atoms with Gasteiger partial charge in [-0.2, -0.15) is 0 Å². The number of rotatable bonds is 5. The summed E-state index contributed by atoms with van der Waals surface area (Å²) in [6.45, 7) is 8.93. The molecular formula is C20H23BrN2O3. The number of hydrogen-bond acceptors (Lipinski definition) is 3. The SMILES string of the molecule is CC(=O)Nc1cc(NC(=O)C(C)Oc2c(C)cc(Br)cc2C)ccc1C. The van der Waals surface area contributed by atoms with Crippen molar-refractivity contribution in [2.75, 3.05) is 10.6 Å². The van der Waals surface area contributed by atoms with E-state index < -0.39 is 6.10 Å². The number of benzene rings is 2. The lowest BCUT2D eigenvalue weighted by atomic mass is 10.1. The smallest absolute Gasteiger partial charge is 0.265 e. The fourth-order valence-electron chi connectivity index (χ4n) is 2.58. The average molecular weight is 419 g/mol. The van der Waals surface area contributed by atoms with Gasteiger partial charge in [0, 0.05) is 22.8 Å². The molecule has 6 heteroatoms. The summed E-state index contributed by atoms with van der Waals surface area (Å²) in [5, 5.41) is 5.58. The van der Waals surface area contributed by atoms with E-state index >= 15 is 0 Å². The minimum atomic E-state index is -0.668. The molecule has 5 nitrogen and oxygen atoms in total. The molecule has 0 fully saturated rings. The van der Waals surface area contributed by atoms with Gasteiger partial charge in [0.15, 0.2) is 6.10 Å². The van der Waals surface area contributed by atoms with Crippen LogP contribution in [0.1, 0.15) is 30.5 Å². The van der Waals surface area contributed by atoms with Gasteiger partial charge in [0.2, 0.25) is 5.91 Å². The highest BCUT2D eigenvalue weighted by Crippen LogP contribution is 2.28. The number of carbonyl (C=O) groups is 2. The molecule has 0 aliphatic carbocycles. The van der Waals surface area contributed by atoms with Crippen molar-refractivity contribution in [1.29, 1.82) is 0 Å². The highest BCUT2D eigenvalue weighted by atomic mass is 79.9. The van der Waals surface area contributed by atoms with E-state index in [1.807, 2.05) is 39.0 Å². The van der Waals surface area contributed by atoms with Crippen LogP contribution in [0.2, 0.25) is 0 Å². The van der Waals surface area contributed by atoms with Gasteiger partial charge >= 0.3 is 0 Å². The molecule has 0 saturated heterocycles. The standard InChI is InChI=1S/C20H23BrN2O3/c1-11-6-7-17(10-18(11)22-15(5)24)23-20(25)14(4)26-19-12(2)8-16(21)9-13(19)3/h6-10,14H,1-5H3,(H,22,24)(H,23,25). The van der Waals surface area contributed by atoms with Gasteiger partial charge in [-0.15, -0.1) is 0 Å². The summed E-state index contributed by atoms with van der Waals surface area (Å²) in [4.78, 5) is 23.8. The summed E-state index contributed by atoms with van der Waals surface area (Å²) in [6.07, 6.45) is -0.668. The second kappa shape index (κ2) is 8.36. The van der Waals surface area contributed by atoms with Crippen molar-refractivity contribution in [2.24, 2.45) is 0 Å². The zero-order valence-electron chi connectivity index (χ0n) is 15.6. The van der Waals surface area contributed by atoms with Crippen molar-refractivity contribution in [3.63, 3.8) is 0 Å². The van der Waals surface area contributed by atoms with Crippen molar-refractivity contribution in [3.05, 3.63) is 51.5 Å². The van der Waals surface area contributed by atoms with Gasteiger partial charge < -0.3 is 15.4 Å². The quantitative estimate of drug-likeness (QED) is 0.736. The maximum atomic E-state index is 12.5. The monoisotopic (exact) mass is 418 g/mol. The average Bonchev–Trinajstić information content (AvgIpc) is 2.53. The third-order valence-electron chi connectivity index (χ3n) is 3.90. The molecule has 2 amide bonds. The maximum absolute atomic E-state index is 12.5. The summed E-state index contributed by atoms with van der Waals surface area (Å²) in [7, 11) is 0. The highest BCUT2D eigenvalue weighted by molar-refractivity contribution is 9.10. The molecule has 0 aliphatic heterocycles. The fourth-order valence-corrected chi connectivity index (χ4v) is 3.27. The topological polar surface area (TPSA) is 67.4 Å². The molecule has 2 N–H and O–H groups in total.